The van der Waals surface area contributed by atoms with Gasteiger partial charge in [-0.25, -0.2) is 8.42 Å². The highest BCUT2D eigenvalue weighted by Gasteiger charge is 2.35. The van der Waals surface area contributed by atoms with Crippen LogP contribution in [0.5, 0.6) is 0 Å². The molecule has 0 aromatic carbocycles. The normalized spacial score (nSPS) is 28.3. The molecule has 122 valence electrons. The standard InChI is InChI=1S/C14H27N3O3S/c1-12(9-15)10-16-4-2-5-17(7-6-16)14(18)13-3-8-21(19,20)11-13/h12-13H,2-11,15H2,1H3. The fourth-order valence-electron chi connectivity index (χ4n) is 3.14. The van der Waals surface area contributed by atoms with Gasteiger partial charge in [0.15, 0.2) is 9.84 Å². The number of rotatable bonds is 4. The minimum Gasteiger partial charge on any atom is -0.341 e. The van der Waals surface area contributed by atoms with Crippen LogP contribution < -0.4 is 5.73 Å². The molecule has 2 aliphatic rings. The molecule has 0 radical (unpaired) electrons. The van der Waals surface area contributed by atoms with Gasteiger partial charge in [0, 0.05) is 26.2 Å². The molecular weight excluding hydrogens is 290 g/mol. The summed E-state index contributed by atoms with van der Waals surface area (Å²) in [6, 6.07) is 0. The zero-order valence-corrected chi connectivity index (χ0v) is 13.6. The van der Waals surface area contributed by atoms with Crippen molar-refractivity contribution in [1.29, 1.82) is 0 Å². The molecule has 2 heterocycles. The van der Waals surface area contributed by atoms with Gasteiger partial charge in [0.2, 0.25) is 5.91 Å². The van der Waals surface area contributed by atoms with Crippen LogP contribution in [0.3, 0.4) is 0 Å². The van der Waals surface area contributed by atoms with Crippen molar-refractivity contribution < 1.29 is 13.2 Å². The van der Waals surface area contributed by atoms with Gasteiger partial charge in [-0.15, -0.1) is 0 Å². The first-order valence-electron chi connectivity index (χ1n) is 7.83. The Morgan fingerprint density at radius 2 is 2.05 bits per heavy atom. The van der Waals surface area contributed by atoms with Crippen LogP contribution >= 0.6 is 0 Å². The predicted molar refractivity (Wildman–Crippen MR) is 82.6 cm³/mol. The van der Waals surface area contributed by atoms with E-state index in [-0.39, 0.29) is 23.3 Å². The van der Waals surface area contributed by atoms with Crippen molar-refractivity contribution in [2.75, 3.05) is 50.8 Å². The summed E-state index contributed by atoms with van der Waals surface area (Å²) in [4.78, 5) is 16.7. The fraction of sp³-hybridized carbons (Fsp3) is 0.929. The molecule has 2 fully saturated rings. The van der Waals surface area contributed by atoms with Gasteiger partial charge in [0.05, 0.1) is 17.4 Å². The minimum atomic E-state index is -2.99. The molecule has 0 aliphatic carbocycles. The van der Waals surface area contributed by atoms with Crippen LogP contribution in [0.2, 0.25) is 0 Å². The Bertz CT molecular complexity index is 466. The number of nitrogens with zero attached hydrogens (tertiary/aromatic N) is 2. The van der Waals surface area contributed by atoms with Gasteiger partial charge in [0.1, 0.15) is 0 Å². The summed E-state index contributed by atoms with van der Waals surface area (Å²) in [6.07, 6.45) is 1.44. The lowest BCUT2D eigenvalue weighted by Crippen LogP contribution is -2.40. The van der Waals surface area contributed by atoms with Gasteiger partial charge in [-0.05, 0) is 31.8 Å². The summed E-state index contributed by atoms with van der Waals surface area (Å²) in [6.45, 7) is 7.06. The lowest BCUT2D eigenvalue weighted by Gasteiger charge is -2.25. The highest BCUT2D eigenvalue weighted by Crippen LogP contribution is 2.21. The van der Waals surface area contributed by atoms with Crippen molar-refractivity contribution in [2.45, 2.75) is 19.8 Å². The number of carbonyl (C=O) groups excluding carboxylic acids is 1. The second-order valence-electron chi connectivity index (χ2n) is 6.42. The average Bonchev–Trinajstić information content (AvgIpc) is 2.66. The molecule has 0 aromatic heterocycles. The summed E-state index contributed by atoms with van der Waals surface area (Å²) >= 11 is 0. The monoisotopic (exact) mass is 317 g/mol. The van der Waals surface area contributed by atoms with Crippen LogP contribution in [-0.2, 0) is 14.6 Å². The molecule has 2 aliphatic heterocycles. The second-order valence-corrected chi connectivity index (χ2v) is 8.65. The van der Waals surface area contributed by atoms with Gasteiger partial charge in [-0.3, -0.25) is 4.79 Å². The van der Waals surface area contributed by atoms with Crippen LogP contribution in [0.4, 0.5) is 0 Å². The van der Waals surface area contributed by atoms with Crippen molar-refractivity contribution >= 4 is 15.7 Å². The summed E-state index contributed by atoms with van der Waals surface area (Å²) in [5.74, 6) is 0.384. The molecular formula is C14H27N3O3S. The van der Waals surface area contributed by atoms with E-state index in [0.717, 1.165) is 32.6 Å². The van der Waals surface area contributed by atoms with Gasteiger partial charge < -0.3 is 15.5 Å². The van der Waals surface area contributed by atoms with E-state index in [4.69, 9.17) is 5.73 Å². The zero-order chi connectivity index (χ0) is 15.5. The Kier molecular flexibility index (Phi) is 5.62. The predicted octanol–water partition coefficient (Wildman–Crippen LogP) is -0.450. The topological polar surface area (TPSA) is 83.7 Å². The van der Waals surface area contributed by atoms with Gasteiger partial charge in [0.25, 0.3) is 0 Å². The van der Waals surface area contributed by atoms with E-state index in [1.165, 1.54) is 0 Å². The van der Waals surface area contributed by atoms with Crippen LogP contribution in [-0.4, -0.2) is 74.9 Å². The number of amides is 1. The molecule has 6 nitrogen and oxygen atoms in total. The fourth-order valence-corrected chi connectivity index (χ4v) is 4.87. The number of carbonyl (C=O) groups is 1. The van der Waals surface area contributed by atoms with E-state index in [9.17, 15) is 13.2 Å². The van der Waals surface area contributed by atoms with Gasteiger partial charge in [-0.1, -0.05) is 6.92 Å². The molecule has 0 saturated carbocycles. The Balaban J connectivity index is 1.86. The Morgan fingerprint density at radius 1 is 1.29 bits per heavy atom. The highest BCUT2D eigenvalue weighted by atomic mass is 32.2. The number of hydrogen-bond donors (Lipinski definition) is 1. The van der Waals surface area contributed by atoms with Crippen molar-refractivity contribution in [3.8, 4) is 0 Å². The minimum absolute atomic E-state index is 0.0322. The Hall–Kier alpha value is -0.660. The molecule has 7 heteroatoms. The number of sulfone groups is 1. The SMILES string of the molecule is CC(CN)CN1CCCN(C(=O)C2CCS(=O)(=O)C2)CC1. The summed E-state index contributed by atoms with van der Waals surface area (Å²) in [5.41, 5.74) is 5.66. The maximum absolute atomic E-state index is 12.4. The molecule has 0 spiro atoms. The van der Waals surface area contributed by atoms with Gasteiger partial charge >= 0.3 is 0 Å². The van der Waals surface area contributed by atoms with Crippen molar-refractivity contribution in [3.05, 3.63) is 0 Å². The zero-order valence-electron chi connectivity index (χ0n) is 12.8. The maximum atomic E-state index is 12.4. The van der Waals surface area contributed by atoms with Crippen molar-refractivity contribution in [1.82, 2.24) is 9.80 Å². The lowest BCUT2D eigenvalue weighted by atomic mass is 10.1. The quantitative estimate of drug-likeness (QED) is 0.759. The largest absolute Gasteiger partial charge is 0.341 e. The third-order valence-corrected chi connectivity index (χ3v) is 6.22. The smallest absolute Gasteiger partial charge is 0.226 e. The van der Waals surface area contributed by atoms with Gasteiger partial charge in [-0.2, -0.15) is 0 Å². The molecule has 0 aromatic rings. The molecule has 2 atom stereocenters. The maximum Gasteiger partial charge on any atom is 0.226 e. The second kappa shape index (κ2) is 7.07. The van der Waals surface area contributed by atoms with E-state index in [2.05, 4.69) is 11.8 Å². The molecule has 2 rings (SSSR count). The summed E-state index contributed by atoms with van der Waals surface area (Å²) in [5, 5.41) is 0. The van der Waals surface area contributed by atoms with Crippen LogP contribution in [0, 0.1) is 11.8 Å². The van der Waals surface area contributed by atoms with E-state index in [0.29, 0.717) is 25.4 Å². The Morgan fingerprint density at radius 3 is 2.67 bits per heavy atom. The molecule has 2 N–H and O–H groups in total. The summed E-state index contributed by atoms with van der Waals surface area (Å²) < 4.78 is 23.0. The highest BCUT2D eigenvalue weighted by molar-refractivity contribution is 7.91. The lowest BCUT2D eigenvalue weighted by molar-refractivity contribution is -0.134. The molecule has 21 heavy (non-hydrogen) atoms. The molecule has 1 amide bonds. The average molecular weight is 317 g/mol. The molecule has 2 unspecified atom stereocenters. The van der Waals surface area contributed by atoms with Crippen molar-refractivity contribution in [2.24, 2.45) is 17.6 Å². The van der Waals surface area contributed by atoms with Crippen LogP contribution in [0.25, 0.3) is 0 Å². The molecule has 2 saturated heterocycles. The first-order chi connectivity index (χ1) is 9.91. The summed E-state index contributed by atoms with van der Waals surface area (Å²) in [7, 11) is -2.99. The van der Waals surface area contributed by atoms with E-state index in [1.54, 1.807) is 0 Å². The van der Waals surface area contributed by atoms with Crippen LogP contribution in [0.15, 0.2) is 0 Å². The molecule has 0 bridgehead atoms. The van der Waals surface area contributed by atoms with E-state index >= 15 is 0 Å². The number of hydrogen-bond acceptors (Lipinski definition) is 5. The first-order valence-corrected chi connectivity index (χ1v) is 9.65. The van der Waals surface area contributed by atoms with E-state index in [1.807, 2.05) is 4.90 Å². The van der Waals surface area contributed by atoms with Crippen molar-refractivity contribution in [3.63, 3.8) is 0 Å². The third-order valence-electron chi connectivity index (χ3n) is 4.45. The van der Waals surface area contributed by atoms with Crippen LogP contribution in [0.1, 0.15) is 19.8 Å². The third kappa shape index (κ3) is 4.66. The Labute approximate surface area is 127 Å². The number of nitrogens with two attached hydrogens (primary N) is 1. The first kappa shape index (κ1) is 16.7. The van der Waals surface area contributed by atoms with E-state index < -0.39 is 9.84 Å².